The van der Waals surface area contributed by atoms with Gasteiger partial charge in [0.2, 0.25) is 0 Å². The topological polar surface area (TPSA) is 17.8 Å². The lowest BCUT2D eigenvalue weighted by molar-refractivity contribution is 0.817. The number of rotatable bonds is 2. The zero-order valence-corrected chi connectivity index (χ0v) is 12.6. The maximum Gasteiger partial charge on any atom is 0.0961 e. The first kappa shape index (κ1) is 12.9. The Hall–Kier alpha value is -2.09. The molecule has 0 N–H and O–H groups in total. The summed E-state index contributed by atoms with van der Waals surface area (Å²) in [4.78, 5) is 4.53. The molecule has 0 aliphatic carbocycles. The van der Waals surface area contributed by atoms with Gasteiger partial charge in [-0.2, -0.15) is 0 Å². The number of nitrogens with zero attached hydrogens (tertiary/aromatic N) is 2. The number of benzene rings is 2. The standard InChI is InChI=1S/C18H20N2/c1-12-5-6-13(2)16(7-12)10-20-11-19-17-8-14(3)15(4)9-18(17)20/h5-9,11H,10H2,1-4H3. The fourth-order valence-corrected chi connectivity index (χ4v) is 2.59. The molecule has 0 saturated heterocycles. The average molecular weight is 264 g/mol. The molecule has 0 aliphatic rings. The molecule has 1 aromatic heterocycles. The van der Waals surface area contributed by atoms with E-state index in [2.05, 4.69) is 67.6 Å². The Morgan fingerprint density at radius 1 is 0.900 bits per heavy atom. The SMILES string of the molecule is Cc1ccc(C)c(Cn2cnc3cc(C)c(C)cc32)c1. The number of hydrogen-bond acceptors (Lipinski definition) is 1. The third-order valence-electron chi connectivity index (χ3n) is 4.08. The minimum absolute atomic E-state index is 0.881. The van der Waals surface area contributed by atoms with E-state index in [9.17, 15) is 0 Å². The summed E-state index contributed by atoms with van der Waals surface area (Å²) in [7, 11) is 0. The Balaban J connectivity index is 2.07. The third-order valence-corrected chi connectivity index (χ3v) is 4.08. The van der Waals surface area contributed by atoms with Crippen LogP contribution in [0, 0.1) is 27.7 Å². The summed E-state index contributed by atoms with van der Waals surface area (Å²) in [6.45, 7) is 9.49. The van der Waals surface area contributed by atoms with E-state index in [0.717, 1.165) is 12.1 Å². The van der Waals surface area contributed by atoms with Crippen molar-refractivity contribution in [1.29, 1.82) is 0 Å². The summed E-state index contributed by atoms with van der Waals surface area (Å²) in [6, 6.07) is 11.0. The molecule has 0 atom stereocenters. The van der Waals surface area contributed by atoms with Crippen LogP contribution in [0.25, 0.3) is 11.0 Å². The lowest BCUT2D eigenvalue weighted by Crippen LogP contribution is -2.01. The van der Waals surface area contributed by atoms with E-state index in [1.807, 2.05) is 6.33 Å². The van der Waals surface area contributed by atoms with Crippen LogP contribution in [-0.4, -0.2) is 9.55 Å². The maximum atomic E-state index is 4.53. The van der Waals surface area contributed by atoms with Crippen LogP contribution in [0.1, 0.15) is 27.8 Å². The fourth-order valence-electron chi connectivity index (χ4n) is 2.59. The molecule has 0 radical (unpaired) electrons. The Bertz CT molecular complexity index is 781. The number of aryl methyl sites for hydroxylation is 4. The molecule has 0 unspecified atom stereocenters. The lowest BCUT2D eigenvalue weighted by Gasteiger charge is -2.10. The zero-order chi connectivity index (χ0) is 14.3. The van der Waals surface area contributed by atoms with Crippen molar-refractivity contribution >= 4 is 11.0 Å². The van der Waals surface area contributed by atoms with Crippen molar-refractivity contribution in [3.05, 3.63) is 64.5 Å². The third kappa shape index (κ3) is 2.22. The van der Waals surface area contributed by atoms with Crippen LogP contribution >= 0.6 is 0 Å². The van der Waals surface area contributed by atoms with Gasteiger partial charge in [0.1, 0.15) is 0 Å². The molecule has 0 spiro atoms. The second-order valence-corrected chi connectivity index (χ2v) is 5.73. The fraction of sp³-hybridized carbons (Fsp3) is 0.278. The molecule has 2 aromatic carbocycles. The summed E-state index contributed by atoms with van der Waals surface area (Å²) in [5.41, 5.74) is 8.92. The van der Waals surface area contributed by atoms with E-state index in [0.29, 0.717) is 0 Å². The number of hydrogen-bond donors (Lipinski definition) is 0. The van der Waals surface area contributed by atoms with Crippen LogP contribution in [-0.2, 0) is 6.54 Å². The lowest BCUT2D eigenvalue weighted by atomic mass is 10.1. The van der Waals surface area contributed by atoms with Crippen LogP contribution in [0.2, 0.25) is 0 Å². The molecule has 2 heteroatoms. The summed E-state index contributed by atoms with van der Waals surface area (Å²) in [5.74, 6) is 0. The molecule has 0 fully saturated rings. The zero-order valence-electron chi connectivity index (χ0n) is 12.6. The Morgan fingerprint density at radius 3 is 2.45 bits per heavy atom. The van der Waals surface area contributed by atoms with E-state index >= 15 is 0 Å². The van der Waals surface area contributed by atoms with Gasteiger partial charge >= 0.3 is 0 Å². The van der Waals surface area contributed by atoms with Crippen molar-refractivity contribution in [1.82, 2.24) is 9.55 Å². The highest BCUT2D eigenvalue weighted by molar-refractivity contribution is 5.77. The van der Waals surface area contributed by atoms with Gasteiger partial charge in [-0.3, -0.25) is 0 Å². The van der Waals surface area contributed by atoms with Crippen molar-refractivity contribution in [3.63, 3.8) is 0 Å². The van der Waals surface area contributed by atoms with Gasteiger partial charge in [0.25, 0.3) is 0 Å². The predicted molar refractivity (Wildman–Crippen MR) is 84.2 cm³/mol. The molecular formula is C18H20N2. The summed E-state index contributed by atoms with van der Waals surface area (Å²) in [6.07, 6.45) is 1.95. The van der Waals surface area contributed by atoms with Crippen LogP contribution in [0.5, 0.6) is 0 Å². The van der Waals surface area contributed by atoms with Crippen LogP contribution in [0.4, 0.5) is 0 Å². The van der Waals surface area contributed by atoms with Gasteiger partial charge in [0, 0.05) is 6.54 Å². The van der Waals surface area contributed by atoms with E-state index in [4.69, 9.17) is 0 Å². The van der Waals surface area contributed by atoms with Gasteiger partial charge in [-0.05, 0) is 62.1 Å². The summed E-state index contributed by atoms with van der Waals surface area (Å²) >= 11 is 0. The normalized spacial score (nSPS) is 11.2. The van der Waals surface area contributed by atoms with Crippen LogP contribution in [0.15, 0.2) is 36.7 Å². The molecule has 20 heavy (non-hydrogen) atoms. The minimum Gasteiger partial charge on any atom is -0.326 e. The highest BCUT2D eigenvalue weighted by atomic mass is 15.0. The summed E-state index contributed by atoms with van der Waals surface area (Å²) in [5, 5.41) is 0. The van der Waals surface area contributed by atoms with Crippen molar-refractivity contribution in [2.75, 3.05) is 0 Å². The highest BCUT2D eigenvalue weighted by Gasteiger charge is 2.07. The first-order valence-electron chi connectivity index (χ1n) is 7.03. The Kier molecular flexibility index (Phi) is 3.09. The summed E-state index contributed by atoms with van der Waals surface area (Å²) < 4.78 is 2.24. The van der Waals surface area contributed by atoms with E-state index < -0.39 is 0 Å². The van der Waals surface area contributed by atoms with Crippen molar-refractivity contribution in [2.45, 2.75) is 34.2 Å². The smallest absolute Gasteiger partial charge is 0.0961 e. The van der Waals surface area contributed by atoms with Gasteiger partial charge in [-0.15, -0.1) is 0 Å². The Labute approximate surface area is 120 Å². The molecule has 3 rings (SSSR count). The molecule has 0 aliphatic heterocycles. The quantitative estimate of drug-likeness (QED) is 0.674. The molecule has 0 bridgehead atoms. The van der Waals surface area contributed by atoms with Gasteiger partial charge < -0.3 is 4.57 Å². The first-order valence-corrected chi connectivity index (χ1v) is 7.03. The molecule has 102 valence electrons. The van der Waals surface area contributed by atoms with E-state index in [1.54, 1.807) is 0 Å². The minimum atomic E-state index is 0.881. The molecule has 0 saturated carbocycles. The molecule has 0 amide bonds. The number of aromatic nitrogens is 2. The van der Waals surface area contributed by atoms with E-state index in [1.165, 1.54) is 33.3 Å². The number of fused-ring (bicyclic) bond motifs is 1. The highest BCUT2D eigenvalue weighted by Crippen LogP contribution is 2.20. The maximum absolute atomic E-state index is 4.53. The predicted octanol–water partition coefficient (Wildman–Crippen LogP) is 4.32. The van der Waals surface area contributed by atoms with Gasteiger partial charge in [-0.1, -0.05) is 23.8 Å². The van der Waals surface area contributed by atoms with E-state index in [-0.39, 0.29) is 0 Å². The average Bonchev–Trinajstić information content (AvgIpc) is 2.77. The van der Waals surface area contributed by atoms with Crippen molar-refractivity contribution < 1.29 is 0 Å². The second kappa shape index (κ2) is 4.78. The van der Waals surface area contributed by atoms with Gasteiger partial charge in [0.15, 0.2) is 0 Å². The van der Waals surface area contributed by atoms with Gasteiger partial charge in [0.05, 0.1) is 17.4 Å². The molecule has 1 heterocycles. The molecule has 3 aromatic rings. The first-order chi connectivity index (χ1) is 9.54. The van der Waals surface area contributed by atoms with Crippen LogP contribution < -0.4 is 0 Å². The van der Waals surface area contributed by atoms with Crippen LogP contribution in [0.3, 0.4) is 0 Å². The van der Waals surface area contributed by atoms with Crippen molar-refractivity contribution in [2.24, 2.45) is 0 Å². The largest absolute Gasteiger partial charge is 0.326 e. The monoisotopic (exact) mass is 264 g/mol. The van der Waals surface area contributed by atoms with Gasteiger partial charge in [-0.25, -0.2) is 4.98 Å². The Morgan fingerprint density at radius 2 is 1.65 bits per heavy atom. The second-order valence-electron chi connectivity index (χ2n) is 5.73. The molecule has 2 nitrogen and oxygen atoms in total. The molecular weight excluding hydrogens is 244 g/mol. The van der Waals surface area contributed by atoms with Crippen molar-refractivity contribution in [3.8, 4) is 0 Å². The number of imidazole rings is 1.